The molecule has 1 saturated carbocycles. The fraction of sp³-hybridized carbons (Fsp3) is 0.533. The van der Waals surface area contributed by atoms with Gasteiger partial charge in [0.05, 0.1) is 27.0 Å². The van der Waals surface area contributed by atoms with Gasteiger partial charge in [-0.05, 0) is 25.3 Å². The molecule has 20 heavy (non-hydrogen) atoms. The number of benzene rings is 1. The second-order valence-electron chi connectivity index (χ2n) is 4.81. The van der Waals surface area contributed by atoms with Crippen LogP contribution in [0.1, 0.15) is 37.2 Å². The summed E-state index contributed by atoms with van der Waals surface area (Å²) in [6.45, 7) is 0. The van der Waals surface area contributed by atoms with Crippen LogP contribution >= 0.6 is 0 Å². The van der Waals surface area contributed by atoms with Crippen LogP contribution in [0, 0.1) is 0 Å². The van der Waals surface area contributed by atoms with Crippen LogP contribution in [0.3, 0.4) is 0 Å². The summed E-state index contributed by atoms with van der Waals surface area (Å²) >= 11 is 0. The first kappa shape index (κ1) is 14.5. The Bertz CT molecular complexity index is 499. The van der Waals surface area contributed by atoms with Crippen LogP contribution < -0.4 is 14.2 Å². The summed E-state index contributed by atoms with van der Waals surface area (Å²) in [6.07, 6.45) is 3.94. The second kappa shape index (κ2) is 6.50. The largest absolute Gasteiger partial charge is 0.493 e. The van der Waals surface area contributed by atoms with E-state index in [2.05, 4.69) is 5.16 Å². The minimum absolute atomic E-state index is 0.0727. The van der Waals surface area contributed by atoms with Gasteiger partial charge in [-0.2, -0.15) is 0 Å². The molecule has 1 N–H and O–H groups in total. The lowest BCUT2D eigenvalue weighted by atomic mass is 9.82. The molecular formula is C15H21NO4. The molecule has 1 aromatic rings. The van der Waals surface area contributed by atoms with Crippen molar-refractivity contribution in [2.45, 2.75) is 31.6 Å². The van der Waals surface area contributed by atoms with Gasteiger partial charge in [0.1, 0.15) is 0 Å². The third-order valence-corrected chi connectivity index (χ3v) is 3.82. The first-order chi connectivity index (χ1) is 9.76. The van der Waals surface area contributed by atoms with Gasteiger partial charge >= 0.3 is 0 Å². The Balaban J connectivity index is 2.50. The second-order valence-corrected chi connectivity index (χ2v) is 4.81. The van der Waals surface area contributed by atoms with Crippen molar-refractivity contribution in [1.29, 1.82) is 0 Å². The molecular weight excluding hydrogens is 258 g/mol. The fourth-order valence-electron chi connectivity index (χ4n) is 2.85. The summed E-state index contributed by atoms with van der Waals surface area (Å²) in [6, 6.07) is 3.82. The molecule has 1 aromatic carbocycles. The normalized spacial score (nSPS) is 20.8. The summed E-state index contributed by atoms with van der Waals surface area (Å²) in [7, 11) is 4.80. The Morgan fingerprint density at radius 1 is 1.05 bits per heavy atom. The van der Waals surface area contributed by atoms with Gasteiger partial charge in [0, 0.05) is 11.5 Å². The van der Waals surface area contributed by atoms with E-state index in [4.69, 9.17) is 14.2 Å². The van der Waals surface area contributed by atoms with E-state index < -0.39 is 0 Å². The Hall–Kier alpha value is -1.91. The maximum atomic E-state index is 9.20. The molecule has 0 aliphatic heterocycles. The number of rotatable bonds is 4. The molecule has 1 atom stereocenters. The van der Waals surface area contributed by atoms with Crippen LogP contribution in [0.2, 0.25) is 0 Å². The molecule has 0 bridgehead atoms. The van der Waals surface area contributed by atoms with E-state index in [-0.39, 0.29) is 5.92 Å². The highest BCUT2D eigenvalue weighted by molar-refractivity contribution is 5.92. The first-order valence-corrected chi connectivity index (χ1v) is 6.76. The molecule has 0 spiro atoms. The highest BCUT2D eigenvalue weighted by atomic mass is 16.5. The van der Waals surface area contributed by atoms with Gasteiger partial charge < -0.3 is 19.4 Å². The lowest BCUT2D eigenvalue weighted by Gasteiger charge is -2.26. The lowest BCUT2D eigenvalue weighted by Crippen LogP contribution is -2.18. The topological polar surface area (TPSA) is 60.3 Å². The van der Waals surface area contributed by atoms with E-state index in [0.29, 0.717) is 17.2 Å². The minimum Gasteiger partial charge on any atom is -0.493 e. The fourth-order valence-corrected chi connectivity index (χ4v) is 2.85. The Labute approximate surface area is 119 Å². The highest BCUT2D eigenvalue weighted by Crippen LogP contribution is 2.45. The molecule has 0 amide bonds. The van der Waals surface area contributed by atoms with Crippen LogP contribution in [0.25, 0.3) is 0 Å². The number of hydrogen-bond donors (Lipinski definition) is 1. The summed E-state index contributed by atoms with van der Waals surface area (Å²) in [5.74, 6) is 1.94. The molecule has 0 radical (unpaired) electrons. The minimum atomic E-state index is 0.0727. The van der Waals surface area contributed by atoms with E-state index in [9.17, 15) is 5.21 Å². The maximum Gasteiger partial charge on any atom is 0.203 e. The summed E-state index contributed by atoms with van der Waals surface area (Å²) in [4.78, 5) is 0. The molecule has 0 saturated heterocycles. The van der Waals surface area contributed by atoms with Crippen molar-refractivity contribution in [2.24, 2.45) is 5.16 Å². The third kappa shape index (κ3) is 2.53. The molecule has 2 rings (SSSR count). The number of methoxy groups -OCH3 is 3. The van der Waals surface area contributed by atoms with Gasteiger partial charge in [0.25, 0.3) is 0 Å². The van der Waals surface area contributed by atoms with Crippen molar-refractivity contribution >= 4 is 5.71 Å². The molecule has 5 heteroatoms. The molecule has 0 aromatic heterocycles. The predicted octanol–water partition coefficient (Wildman–Crippen LogP) is 3.20. The van der Waals surface area contributed by atoms with Gasteiger partial charge in [-0.15, -0.1) is 0 Å². The van der Waals surface area contributed by atoms with Crippen LogP contribution in [-0.2, 0) is 0 Å². The average Bonchev–Trinajstić information content (AvgIpc) is 2.53. The van der Waals surface area contributed by atoms with Crippen molar-refractivity contribution in [3.8, 4) is 17.2 Å². The van der Waals surface area contributed by atoms with Crippen LogP contribution in [-0.4, -0.2) is 32.2 Å². The Morgan fingerprint density at radius 3 is 2.40 bits per heavy atom. The molecule has 1 aliphatic carbocycles. The predicted molar refractivity (Wildman–Crippen MR) is 76.5 cm³/mol. The summed E-state index contributed by atoms with van der Waals surface area (Å²) < 4.78 is 16.2. The molecule has 1 aliphatic rings. The van der Waals surface area contributed by atoms with Crippen LogP contribution in [0.15, 0.2) is 17.3 Å². The molecule has 1 fully saturated rings. The zero-order valence-corrected chi connectivity index (χ0v) is 12.2. The van der Waals surface area contributed by atoms with Crippen LogP contribution in [0.5, 0.6) is 17.2 Å². The van der Waals surface area contributed by atoms with Crippen molar-refractivity contribution in [2.75, 3.05) is 21.3 Å². The van der Waals surface area contributed by atoms with Gasteiger partial charge in [-0.25, -0.2) is 0 Å². The number of hydrogen-bond acceptors (Lipinski definition) is 5. The summed E-state index contributed by atoms with van der Waals surface area (Å²) in [5, 5.41) is 12.7. The van der Waals surface area contributed by atoms with Gasteiger partial charge in [0.15, 0.2) is 11.5 Å². The van der Waals surface area contributed by atoms with Crippen molar-refractivity contribution in [1.82, 2.24) is 0 Å². The molecule has 0 unspecified atom stereocenters. The molecule has 110 valence electrons. The van der Waals surface area contributed by atoms with E-state index in [1.54, 1.807) is 21.3 Å². The van der Waals surface area contributed by atoms with Gasteiger partial charge in [0.2, 0.25) is 5.75 Å². The molecule has 5 nitrogen and oxygen atoms in total. The van der Waals surface area contributed by atoms with E-state index >= 15 is 0 Å². The maximum absolute atomic E-state index is 9.20. The standard InChI is InChI=1S/C15H21NO4/c1-18-13-9-8-11(14(19-2)15(13)20-3)10-6-4-5-7-12(10)16-17/h8-10,17H,4-7H2,1-3H3/b16-12+/t10-/m1/s1. The average molecular weight is 279 g/mol. The quantitative estimate of drug-likeness (QED) is 0.679. The zero-order valence-electron chi connectivity index (χ0n) is 12.2. The van der Waals surface area contributed by atoms with Gasteiger partial charge in [-0.3, -0.25) is 0 Å². The smallest absolute Gasteiger partial charge is 0.203 e. The Morgan fingerprint density at radius 2 is 1.80 bits per heavy atom. The molecule has 0 heterocycles. The number of oxime groups is 1. The number of ether oxygens (including phenoxy) is 3. The van der Waals surface area contributed by atoms with Crippen LogP contribution in [0.4, 0.5) is 0 Å². The summed E-state index contributed by atoms with van der Waals surface area (Å²) in [5.41, 5.74) is 1.79. The Kier molecular flexibility index (Phi) is 4.71. The zero-order chi connectivity index (χ0) is 14.5. The highest BCUT2D eigenvalue weighted by Gasteiger charge is 2.28. The number of nitrogens with zero attached hydrogens (tertiary/aromatic N) is 1. The van der Waals surface area contributed by atoms with Crippen molar-refractivity contribution < 1.29 is 19.4 Å². The van der Waals surface area contributed by atoms with E-state index in [1.807, 2.05) is 12.1 Å². The van der Waals surface area contributed by atoms with Crippen molar-refractivity contribution in [3.63, 3.8) is 0 Å². The third-order valence-electron chi connectivity index (χ3n) is 3.82. The van der Waals surface area contributed by atoms with E-state index in [1.165, 1.54) is 0 Å². The van der Waals surface area contributed by atoms with Gasteiger partial charge in [-0.1, -0.05) is 17.6 Å². The lowest BCUT2D eigenvalue weighted by molar-refractivity contribution is 0.310. The monoisotopic (exact) mass is 279 g/mol. The SMILES string of the molecule is COc1ccc([C@H]2CCCC/C2=N\O)c(OC)c1OC. The van der Waals surface area contributed by atoms with Crippen molar-refractivity contribution in [3.05, 3.63) is 17.7 Å². The van der Waals surface area contributed by atoms with E-state index in [0.717, 1.165) is 37.0 Å². The first-order valence-electron chi connectivity index (χ1n) is 6.76.